The van der Waals surface area contributed by atoms with Crippen molar-refractivity contribution in [3.8, 4) is 0 Å². The second-order valence-corrected chi connectivity index (χ2v) is 9.21. The van der Waals surface area contributed by atoms with Gasteiger partial charge in [-0.15, -0.1) is 0 Å². The van der Waals surface area contributed by atoms with Gasteiger partial charge in [-0.2, -0.15) is 0 Å². The molecule has 0 spiro atoms. The summed E-state index contributed by atoms with van der Waals surface area (Å²) in [4.78, 5) is 24.3. The van der Waals surface area contributed by atoms with E-state index in [1.807, 2.05) is 6.92 Å². The van der Waals surface area contributed by atoms with E-state index in [0.29, 0.717) is 16.8 Å². The summed E-state index contributed by atoms with van der Waals surface area (Å²) in [5.41, 5.74) is 2.41. The maximum atomic E-state index is 13.9. The summed E-state index contributed by atoms with van der Waals surface area (Å²) in [6, 6.07) is 15.2. The van der Waals surface area contributed by atoms with Crippen LogP contribution >= 0.6 is 0 Å². The lowest BCUT2D eigenvalue weighted by Gasteiger charge is -2.12. The molecule has 3 aromatic carbocycles. The molecule has 1 amide bonds. The molecular formula is C24H23FN2O5S. The van der Waals surface area contributed by atoms with E-state index in [1.54, 1.807) is 44.2 Å². The van der Waals surface area contributed by atoms with Gasteiger partial charge in [-0.3, -0.25) is 9.52 Å². The molecule has 0 unspecified atom stereocenters. The van der Waals surface area contributed by atoms with Gasteiger partial charge in [-0.25, -0.2) is 17.6 Å². The van der Waals surface area contributed by atoms with Crippen molar-refractivity contribution in [1.82, 2.24) is 0 Å². The van der Waals surface area contributed by atoms with Crippen LogP contribution in [0.4, 0.5) is 15.8 Å². The van der Waals surface area contributed by atoms with Crippen molar-refractivity contribution in [2.75, 3.05) is 16.6 Å². The Morgan fingerprint density at radius 3 is 2.24 bits per heavy atom. The highest BCUT2D eigenvalue weighted by atomic mass is 32.2. The highest BCUT2D eigenvalue weighted by Crippen LogP contribution is 2.22. The average Bonchev–Trinajstić information content (AvgIpc) is 2.75. The predicted molar refractivity (Wildman–Crippen MR) is 123 cm³/mol. The first-order valence-corrected chi connectivity index (χ1v) is 11.5. The molecule has 0 aromatic heterocycles. The number of carbonyl (C=O) groups is 2. The standard InChI is InChI=1S/C24H23FN2O5S/c1-15-4-9-19(10-5-15)27-33(30,31)22-13-18(8-7-17(22)3)24(29)32-14-23(28)26-21-11-6-16(2)12-20(21)25/h4-13,27H,14H2,1-3H3,(H,26,28). The van der Waals surface area contributed by atoms with Gasteiger partial charge in [-0.1, -0.05) is 29.8 Å². The van der Waals surface area contributed by atoms with Crippen molar-refractivity contribution in [3.63, 3.8) is 0 Å². The van der Waals surface area contributed by atoms with Crippen molar-refractivity contribution in [1.29, 1.82) is 0 Å². The van der Waals surface area contributed by atoms with Gasteiger partial charge in [0.15, 0.2) is 6.61 Å². The Hall–Kier alpha value is -3.72. The van der Waals surface area contributed by atoms with Crippen LogP contribution in [0.15, 0.2) is 65.6 Å². The minimum absolute atomic E-state index is 0.0347. The molecule has 0 atom stereocenters. The van der Waals surface area contributed by atoms with Crippen LogP contribution in [-0.4, -0.2) is 26.9 Å². The van der Waals surface area contributed by atoms with E-state index < -0.39 is 34.3 Å². The second kappa shape index (κ2) is 9.83. The van der Waals surface area contributed by atoms with Gasteiger partial charge >= 0.3 is 5.97 Å². The first-order valence-electron chi connectivity index (χ1n) is 9.98. The van der Waals surface area contributed by atoms with Gasteiger partial charge < -0.3 is 10.1 Å². The number of carbonyl (C=O) groups excluding carboxylic acids is 2. The third-order valence-corrected chi connectivity index (χ3v) is 6.27. The van der Waals surface area contributed by atoms with Crippen LogP contribution in [0.2, 0.25) is 0 Å². The van der Waals surface area contributed by atoms with E-state index in [1.165, 1.54) is 30.3 Å². The van der Waals surface area contributed by atoms with E-state index in [-0.39, 0.29) is 16.1 Å². The molecule has 3 rings (SSSR count). The first-order chi connectivity index (χ1) is 15.5. The molecule has 9 heteroatoms. The number of esters is 1. The van der Waals surface area contributed by atoms with Crippen molar-refractivity contribution in [3.05, 3.63) is 88.7 Å². The molecule has 0 saturated heterocycles. The van der Waals surface area contributed by atoms with Crippen LogP contribution in [0.1, 0.15) is 27.0 Å². The van der Waals surface area contributed by atoms with E-state index in [4.69, 9.17) is 4.74 Å². The van der Waals surface area contributed by atoms with Crippen molar-refractivity contribution in [2.24, 2.45) is 0 Å². The Morgan fingerprint density at radius 2 is 1.58 bits per heavy atom. The first kappa shape index (κ1) is 23.9. The number of hydrogen-bond donors (Lipinski definition) is 2. The Bertz CT molecular complexity index is 1300. The summed E-state index contributed by atoms with van der Waals surface area (Å²) in [5.74, 6) is -2.22. The van der Waals surface area contributed by atoms with E-state index >= 15 is 0 Å². The van der Waals surface area contributed by atoms with Gasteiger partial charge in [-0.05, 0) is 68.3 Å². The minimum Gasteiger partial charge on any atom is -0.452 e. The number of sulfonamides is 1. The summed E-state index contributed by atoms with van der Waals surface area (Å²) in [7, 11) is -3.97. The molecule has 7 nitrogen and oxygen atoms in total. The van der Waals surface area contributed by atoms with E-state index in [9.17, 15) is 22.4 Å². The number of benzene rings is 3. The minimum atomic E-state index is -3.97. The highest BCUT2D eigenvalue weighted by Gasteiger charge is 2.20. The molecule has 3 aromatic rings. The molecule has 2 N–H and O–H groups in total. The third-order valence-electron chi connectivity index (χ3n) is 4.75. The number of ether oxygens (including phenoxy) is 1. The fourth-order valence-electron chi connectivity index (χ4n) is 2.97. The molecule has 0 saturated carbocycles. The molecule has 33 heavy (non-hydrogen) atoms. The fourth-order valence-corrected chi connectivity index (χ4v) is 4.30. The van der Waals surface area contributed by atoms with Crippen LogP contribution in [0, 0.1) is 26.6 Å². The van der Waals surface area contributed by atoms with Gasteiger partial charge in [0, 0.05) is 5.69 Å². The lowest BCUT2D eigenvalue weighted by atomic mass is 10.1. The molecule has 0 aliphatic carbocycles. The third kappa shape index (κ3) is 6.17. The molecule has 0 radical (unpaired) electrons. The Kier molecular flexibility index (Phi) is 7.13. The lowest BCUT2D eigenvalue weighted by molar-refractivity contribution is -0.119. The number of nitrogens with one attached hydrogen (secondary N) is 2. The molecule has 0 fully saturated rings. The molecule has 0 aliphatic heterocycles. The molecule has 0 bridgehead atoms. The van der Waals surface area contributed by atoms with Gasteiger partial charge in [0.2, 0.25) is 0 Å². The lowest BCUT2D eigenvalue weighted by Crippen LogP contribution is -2.22. The van der Waals surface area contributed by atoms with Crippen LogP contribution in [0.25, 0.3) is 0 Å². The van der Waals surface area contributed by atoms with E-state index in [0.717, 1.165) is 5.56 Å². The fraction of sp³-hybridized carbons (Fsp3) is 0.167. The maximum absolute atomic E-state index is 13.9. The predicted octanol–water partition coefficient (Wildman–Crippen LogP) is 4.35. The summed E-state index contributed by atoms with van der Waals surface area (Å²) in [5, 5.41) is 2.32. The molecule has 0 heterocycles. The monoisotopic (exact) mass is 470 g/mol. The number of anilines is 2. The topological polar surface area (TPSA) is 102 Å². The Balaban J connectivity index is 1.69. The number of hydrogen-bond acceptors (Lipinski definition) is 5. The number of rotatable bonds is 7. The van der Waals surface area contributed by atoms with Crippen molar-refractivity contribution >= 4 is 33.3 Å². The average molecular weight is 471 g/mol. The Morgan fingerprint density at radius 1 is 0.909 bits per heavy atom. The van der Waals surface area contributed by atoms with Gasteiger partial charge in [0.1, 0.15) is 5.82 Å². The van der Waals surface area contributed by atoms with E-state index in [2.05, 4.69) is 10.0 Å². The van der Waals surface area contributed by atoms with Gasteiger partial charge in [0.05, 0.1) is 16.1 Å². The number of amides is 1. The maximum Gasteiger partial charge on any atom is 0.338 e. The van der Waals surface area contributed by atoms with Gasteiger partial charge in [0.25, 0.3) is 15.9 Å². The summed E-state index contributed by atoms with van der Waals surface area (Å²) < 4.78 is 47.0. The summed E-state index contributed by atoms with van der Waals surface area (Å²) in [6.07, 6.45) is 0. The normalized spacial score (nSPS) is 11.0. The Labute approximate surface area is 191 Å². The van der Waals surface area contributed by atoms with Crippen LogP contribution in [-0.2, 0) is 19.6 Å². The quantitative estimate of drug-likeness (QED) is 0.500. The molecule has 0 aliphatic rings. The highest BCUT2D eigenvalue weighted by molar-refractivity contribution is 7.92. The zero-order valence-electron chi connectivity index (χ0n) is 18.3. The summed E-state index contributed by atoms with van der Waals surface area (Å²) in [6.45, 7) is 4.53. The second-order valence-electron chi connectivity index (χ2n) is 7.56. The number of aryl methyl sites for hydroxylation is 3. The summed E-state index contributed by atoms with van der Waals surface area (Å²) >= 11 is 0. The molecular weight excluding hydrogens is 447 g/mol. The number of halogens is 1. The van der Waals surface area contributed by atoms with Crippen molar-refractivity contribution < 1.29 is 27.1 Å². The van der Waals surface area contributed by atoms with Crippen molar-refractivity contribution in [2.45, 2.75) is 25.7 Å². The zero-order valence-corrected chi connectivity index (χ0v) is 19.1. The zero-order chi connectivity index (χ0) is 24.2. The molecule has 172 valence electrons. The van der Waals surface area contributed by atoms with Crippen LogP contribution in [0.3, 0.4) is 0 Å². The smallest absolute Gasteiger partial charge is 0.338 e. The largest absolute Gasteiger partial charge is 0.452 e. The van der Waals surface area contributed by atoms with Crippen LogP contribution in [0.5, 0.6) is 0 Å². The SMILES string of the molecule is Cc1ccc(NS(=O)(=O)c2cc(C(=O)OCC(=O)Nc3ccc(C)cc3F)ccc2C)cc1. The van der Waals surface area contributed by atoms with Crippen LogP contribution < -0.4 is 10.0 Å².